The second-order valence-corrected chi connectivity index (χ2v) is 7.27. The Balaban J connectivity index is 1.60. The first kappa shape index (κ1) is 14.9. The zero-order chi connectivity index (χ0) is 14.9. The number of nitrogens with zero attached hydrogens (tertiary/aromatic N) is 1. The highest BCUT2D eigenvalue weighted by molar-refractivity contribution is 5.37. The van der Waals surface area contributed by atoms with E-state index in [9.17, 15) is 0 Å². The Morgan fingerprint density at radius 2 is 2.19 bits per heavy atom. The van der Waals surface area contributed by atoms with E-state index >= 15 is 0 Å². The van der Waals surface area contributed by atoms with Crippen molar-refractivity contribution in [2.75, 3.05) is 26.2 Å². The third-order valence-electron chi connectivity index (χ3n) is 4.97. The molecule has 1 fully saturated rings. The van der Waals surface area contributed by atoms with Crippen LogP contribution in [0.3, 0.4) is 0 Å². The van der Waals surface area contributed by atoms with Gasteiger partial charge in [-0.2, -0.15) is 0 Å². The number of hydrogen-bond donors (Lipinski definition) is 1. The van der Waals surface area contributed by atoms with Gasteiger partial charge >= 0.3 is 0 Å². The highest BCUT2D eigenvalue weighted by Gasteiger charge is 2.35. The molecule has 1 aromatic rings. The Morgan fingerprint density at radius 1 is 1.33 bits per heavy atom. The molecule has 1 N–H and O–H groups in total. The molecule has 1 aromatic carbocycles. The number of fused-ring (bicyclic) bond motifs is 1. The van der Waals surface area contributed by atoms with E-state index in [0.717, 1.165) is 38.4 Å². The molecule has 0 aliphatic carbocycles. The van der Waals surface area contributed by atoms with Crippen LogP contribution in [0.5, 0.6) is 5.75 Å². The normalized spacial score (nSPS) is 26.1. The Bertz CT molecular complexity index is 500. The van der Waals surface area contributed by atoms with E-state index in [1.165, 1.54) is 24.1 Å². The average molecular weight is 288 g/mol. The minimum absolute atomic E-state index is 0.293. The van der Waals surface area contributed by atoms with Crippen LogP contribution in [0, 0.1) is 5.41 Å². The summed E-state index contributed by atoms with van der Waals surface area (Å²) in [5, 5.41) is 3.41. The lowest BCUT2D eigenvalue weighted by Crippen LogP contribution is -2.33. The fourth-order valence-electron chi connectivity index (χ4n) is 3.42. The molecular formula is C18H28N2O. The van der Waals surface area contributed by atoms with Gasteiger partial charge in [-0.25, -0.2) is 0 Å². The Hall–Kier alpha value is -1.06. The van der Waals surface area contributed by atoms with Gasteiger partial charge in [-0.15, -0.1) is 0 Å². The molecule has 0 radical (unpaired) electrons. The smallest absolute Gasteiger partial charge is 0.119 e. The van der Waals surface area contributed by atoms with E-state index in [0.29, 0.717) is 11.5 Å². The predicted octanol–water partition coefficient (Wildman–Crippen LogP) is 2.83. The van der Waals surface area contributed by atoms with E-state index in [-0.39, 0.29) is 0 Å². The lowest BCUT2D eigenvalue weighted by atomic mass is 9.91. The van der Waals surface area contributed by atoms with Crippen LogP contribution in [0.2, 0.25) is 0 Å². The van der Waals surface area contributed by atoms with Crippen LogP contribution in [0.25, 0.3) is 0 Å². The van der Waals surface area contributed by atoms with Crippen molar-refractivity contribution in [2.45, 2.75) is 46.2 Å². The summed E-state index contributed by atoms with van der Waals surface area (Å²) in [6, 6.07) is 7.23. The van der Waals surface area contributed by atoms with Crippen LogP contribution in [-0.2, 0) is 13.0 Å². The van der Waals surface area contributed by atoms with Crippen molar-refractivity contribution in [3.05, 3.63) is 29.3 Å². The van der Waals surface area contributed by atoms with Crippen molar-refractivity contribution in [1.82, 2.24) is 10.2 Å². The molecule has 0 bridgehead atoms. The maximum absolute atomic E-state index is 6.14. The van der Waals surface area contributed by atoms with Gasteiger partial charge in [0.25, 0.3) is 0 Å². The molecule has 21 heavy (non-hydrogen) atoms. The van der Waals surface area contributed by atoms with E-state index in [1.54, 1.807) is 0 Å². The zero-order valence-electron chi connectivity index (χ0n) is 13.6. The van der Waals surface area contributed by atoms with Crippen LogP contribution < -0.4 is 10.1 Å². The summed E-state index contributed by atoms with van der Waals surface area (Å²) >= 11 is 0. The molecular weight excluding hydrogens is 260 g/mol. The SMILES string of the molecule is CC(C)N1CCC(C)(COc2ccc3c(c2)CCNC3)C1. The molecule has 0 spiro atoms. The van der Waals surface area contributed by atoms with Gasteiger partial charge in [0, 0.05) is 24.5 Å². The summed E-state index contributed by atoms with van der Waals surface area (Å²) in [6.07, 6.45) is 2.35. The molecule has 3 heteroatoms. The van der Waals surface area contributed by atoms with Gasteiger partial charge in [-0.1, -0.05) is 13.0 Å². The number of benzene rings is 1. The van der Waals surface area contributed by atoms with Crippen molar-refractivity contribution < 1.29 is 4.74 Å². The highest BCUT2D eigenvalue weighted by Crippen LogP contribution is 2.32. The lowest BCUT2D eigenvalue weighted by Gasteiger charge is -2.27. The third-order valence-corrected chi connectivity index (χ3v) is 4.97. The van der Waals surface area contributed by atoms with E-state index < -0.39 is 0 Å². The minimum Gasteiger partial charge on any atom is -0.493 e. The quantitative estimate of drug-likeness (QED) is 0.922. The molecule has 116 valence electrons. The molecule has 2 heterocycles. The Labute approximate surface area is 128 Å². The molecule has 2 aliphatic rings. The second-order valence-electron chi connectivity index (χ2n) is 7.27. The first-order valence-electron chi connectivity index (χ1n) is 8.25. The van der Waals surface area contributed by atoms with Crippen LogP contribution in [0.4, 0.5) is 0 Å². The topological polar surface area (TPSA) is 24.5 Å². The number of likely N-dealkylation sites (tertiary alicyclic amines) is 1. The average Bonchev–Trinajstić information content (AvgIpc) is 2.88. The summed E-state index contributed by atoms with van der Waals surface area (Å²) in [4.78, 5) is 2.56. The van der Waals surface area contributed by atoms with Crippen molar-refractivity contribution >= 4 is 0 Å². The largest absolute Gasteiger partial charge is 0.493 e. The fraction of sp³-hybridized carbons (Fsp3) is 0.667. The maximum Gasteiger partial charge on any atom is 0.119 e. The molecule has 1 unspecified atom stereocenters. The van der Waals surface area contributed by atoms with Gasteiger partial charge in [0.05, 0.1) is 6.61 Å². The van der Waals surface area contributed by atoms with Crippen LogP contribution in [0.15, 0.2) is 18.2 Å². The number of hydrogen-bond acceptors (Lipinski definition) is 3. The molecule has 0 aromatic heterocycles. The molecule has 1 saturated heterocycles. The number of rotatable bonds is 4. The highest BCUT2D eigenvalue weighted by atomic mass is 16.5. The minimum atomic E-state index is 0.293. The first-order chi connectivity index (χ1) is 10.1. The van der Waals surface area contributed by atoms with Crippen LogP contribution in [-0.4, -0.2) is 37.2 Å². The summed E-state index contributed by atoms with van der Waals surface area (Å²) in [6.45, 7) is 12.2. The summed E-state index contributed by atoms with van der Waals surface area (Å²) in [5.41, 5.74) is 3.17. The van der Waals surface area contributed by atoms with Gasteiger partial charge in [-0.3, -0.25) is 0 Å². The maximum atomic E-state index is 6.14. The molecule has 2 aliphatic heterocycles. The van der Waals surface area contributed by atoms with E-state index in [2.05, 4.69) is 49.2 Å². The van der Waals surface area contributed by atoms with Crippen molar-refractivity contribution in [1.29, 1.82) is 0 Å². The van der Waals surface area contributed by atoms with Gasteiger partial charge < -0.3 is 15.0 Å². The van der Waals surface area contributed by atoms with Gasteiger partial charge in [0.1, 0.15) is 5.75 Å². The molecule has 0 amide bonds. The predicted molar refractivity (Wildman–Crippen MR) is 86.8 cm³/mol. The van der Waals surface area contributed by atoms with Crippen molar-refractivity contribution in [3.63, 3.8) is 0 Å². The van der Waals surface area contributed by atoms with Crippen LogP contribution >= 0.6 is 0 Å². The molecule has 1 atom stereocenters. The number of nitrogens with one attached hydrogen (secondary N) is 1. The Kier molecular flexibility index (Phi) is 4.23. The zero-order valence-corrected chi connectivity index (χ0v) is 13.6. The standard InChI is InChI=1S/C18H28N2O/c1-14(2)20-9-7-18(3,12-20)13-21-17-5-4-16-11-19-8-6-15(16)10-17/h4-5,10,14,19H,6-9,11-13H2,1-3H3. The molecule has 3 nitrogen and oxygen atoms in total. The third kappa shape index (κ3) is 3.41. The molecule has 3 rings (SSSR count). The van der Waals surface area contributed by atoms with Crippen molar-refractivity contribution in [3.8, 4) is 5.75 Å². The van der Waals surface area contributed by atoms with Crippen LogP contribution in [0.1, 0.15) is 38.3 Å². The second kappa shape index (κ2) is 5.98. The lowest BCUT2D eigenvalue weighted by molar-refractivity contribution is 0.154. The van der Waals surface area contributed by atoms with E-state index in [4.69, 9.17) is 4.74 Å². The Morgan fingerprint density at radius 3 is 2.95 bits per heavy atom. The monoisotopic (exact) mass is 288 g/mol. The van der Waals surface area contributed by atoms with Gasteiger partial charge in [-0.05, 0) is 63.0 Å². The summed E-state index contributed by atoms with van der Waals surface area (Å²) in [5.74, 6) is 1.04. The van der Waals surface area contributed by atoms with E-state index in [1.807, 2.05) is 0 Å². The number of ether oxygens (including phenoxy) is 1. The summed E-state index contributed by atoms with van der Waals surface area (Å²) in [7, 11) is 0. The molecule has 0 saturated carbocycles. The van der Waals surface area contributed by atoms with Crippen molar-refractivity contribution in [2.24, 2.45) is 5.41 Å². The first-order valence-corrected chi connectivity index (χ1v) is 8.25. The fourth-order valence-corrected chi connectivity index (χ4v) is 3.42. The van der Waals surface area contributed by atoms with Gasteiger partial charge in [0.2, 0.25) is 0 Å². The summed E-state index contributed by atoms with van der Waals surface area (Å²) < 4.78 is 6.14. The van der Waals surface area contributed by atoms with Gasteiger partial charge in [0.15, 0.2) is 0 Å².